The van der Waals surface area contributed by atoms with Crippen molar-refractivity contribution in [2.45, 2.75) is 6.61 Å². The van der Waals surface area contributed by atoms with Gasteiger partial charge in [0.1, 0.15) is 5.82 Å². The van der Waals surface area contributed by atoms with Crippen molar-refractivity contribution in [2.24, 2.45) is 12.2 Å². The standard InChI is InChI=1S/C16H16N8O3/c1-24-15(19-22-23-24)14(11-6-3-2-4-7-11)21-27-10-12-8-5-9-13(17-12)18-20-16(25)26/h2-9,20H,10H2,1H3,(H,17,18)(H,25,26)/b21-14-. The number of amides is 1. The van der Waals surface area contributed by atoms with Crippen LogP contribution in [0.4, 0.5) is 10.6 Å². The Morgan fingerprint density at radius 3 is 2.74 bits per heavy atom. The summed E-state index contributed by atoms with van der Waals surface area (Å²) in [5.41, 5.74) is 6.31. The van der Waals surface area contributed by atoms with Crippen LogP contribution in [0, 0.1) is 0 Å². The molecule has 3 rings (SSSR count). The number of oxime groups is 1. The number of pyridine rings is 1. The second-order valence-corrected chi connectivity index (χ2v) is 5.27. The quantitative estimate of drug-likeness (QED) is 0.417. The molecule has 0 aliphatic rings. The average Bonchev–Trinajstić information content (AvgIpc) is 3.10. The molecule has 1 amide bonds. The van der Waals surface area contributed by atoms with E-state index in [4.69, 9.17) is 9.94 Å². The zero-order valence-corrected chi connectivity index (χ0v) is 14.3. The summed E-state index contributed by atoms with van der Waals surface area (Å²) >= 11 is 0. The van der Waals surface area contributed by atoms with Crippen molar-refractivity contribution in [3.05, 3.63) is 65.6 Å². The van der Waals surface area contributed by atoms with Crippen molar-refractivity contribution >= 4 is 17.6 Å². The number of benzene rings is 1. The number of hydrogen-bond acceptors (Lipinski definition) is 8. The molecule has 1 aromatic carbocycles. The van der Waals surface area contributed by atoms with Crippen LogP contribution in [-0.2, 0) is 18.5 Å². The molecule has 0 fully saturated rings. The van der Waals surface area contributed by atoms with E-state index in [9.17, 15) is 4.79 Å². The summed E-state index contributed by atoms with van der Waals surface area (Å²) in [5.74, 6) is 0.790. The molecule has 138 valence electrons. The average molecular weight is 368 g/mol. The fourth-order valence-corrected chi connectivity index (χ4v) is 2.16. The minimum absolute atomic E-state index is 0.0736. The smallest absolute Gasteiger partial charge is 0.423 e. The molecule has 11 heteroatoms. The van der Waals surface area contributed by atoms with Gasteiger partial charge in [-0.15, -0.1) is 5.10 Å². The number of hydrazine groups is 1. The third kappa shape index (κ3) is 4.75. The van der Waals surface area contributed by atoms with Crippen molar-refractivity contribution in [1.82, 2.24) is 30.6 Å². The number of carbonyl (C=O) groups is 1. The summed E-state index contributed by atoms with van der Waals surface area (Å²) in [6, 6.07) is 14.4. The van der Waals surface area contributed by atoms with Gasteiger partial charge >= 0.3 is 6.09 Å². The van der Waals surface area contributed by atoms with Gasteiger partial charge in [-0.1, -0.05) is 41.6 Å². The molecule has 0 spiro atoms. The summed E-state index contributed by atoms with van der Waals surface area (Å²) in [7, 11) is 1.71. The summed E-state index contributed by atoms with van der Waals surface area (Å²) in [6.45, 7) is 0.0736. The van der Waals surface area contributed by atoms with Crippen LogP contribution >= 0.6 is 0 Å². The van der Waals surface area contributed by atoms with Crippen molar-refractivity contribution in [2.75, 3.05) is 5.43 Å². The first-order chi connectivity index (χ1) is 13.1. The van der Waals surface area contributed by atoms with Gasteiger partial charge in [-0.2, -0.15) is 0 Å². The number of carboxylic acid groups (broad SMARTS) is 1. The topological polar surface area (TPSA) is 139 Å². The maximum atomic E-state index is 10.5. The lowest BCUT2D eigenvalue weighted by atomic mass is 10.1. The van der Waals surface area contributed by atoms with Gasteiger partial charge in [-0.05, 0) is 22.6 Å². The van der Waals surface area contributed by atoms with Crippen LogP contribution in [0.2, 0.25) is 0 Å². The molecule has 27 heavy (non-hydrogen) atoms. The van der Waals surface area contributed by atoms with E-state index in [1.54, 1.807) is 25.2 Å². The Labute approximate surface area is 153 Å². The minimum atomic E-state index is -1.21. The van der Waals surface area contributed by atoms with Crippen LogP contribution in [0.5, 0.6) is 0 Å². The number of tetrazole rings is 1. The zero-order valence-electron chi connectivity index (χ0n) is 14.3. The van der Waals surface area contributed by atoms with E-state index in [-0.39, 0.29) is 6.61 Å². The third-order valence-corrected chi connectivity index (χ3v) is 3.35. The Balaban J connectivity index is 1.75. The number of aryl methyl sites for hydroxylation is 1. The van der Waals surface area contributed by atoms with E-state index >= 15 is 0 Å². The van der Waals surface area contributed by atoms with Crippen molar-refractivity contribution in [1.29, 1.82) is 0 Å². The van der Waals surface area contributed by atoms with Gasteiger partial charge in [0.15, 0.2) is 12.3 Å². The molecule has 2 heterocycles. The maximum absolute atomic E-state index is 10.5. The van der Waals surface area contributed by atoms with E-state index in [0.29, 0.717) is 23.0 Å². The van der Waals surface area contributed by atoms with Gasteiger partial charge < -0.3 is 9.94 Å². The number of rotatable bonds is 7. The van der Waals surface area contributed by atoms with Crippen molar-refractivity contribution in [3.63, 3.8) is 0 Å². The zero-order chi connectivity index (χ0) is 19.1. The van der Waals surface area contributed by atoms with Gasteiger partial charge in [0.25, 0.3) is 0 Å². The largest absolute Gasteiger partial charge is 0.464 e. The number of nitrogens with one attached hydrogen (secondary N) is 2. The lowest BCUT2D eigenvalue weighted by Gasteiger charge is -2.07. The fraction of sp³-hybridized carbons (Fsp3) is 0.125. The Morgan fingerprint density at radius 2 is 2.04 bits per heavy atom. The molecular formula is C16H16N8O3. The minimum Gasteiger partial charge on any atom is -0.464 e. The van der Waals surface area contributed by atoms with Crippen LogP contribution in [0.25, 0.3) is 0 Å². The van der Waals surface area contributed by atoms with Gasteiger partial charge in [0.05, 0.1) is 5.69 Å². The van der Waals surface area contributed by atoms with Gasteiger partial charge in [0.2, 0.25) is 5.82 Å². The number of nitrogens with zero attached hydrogens (tertiary/aromatic N) is 6. The van der Waals surface area contributed by atoms with Gasteiger partial charge in [0, 0.05) is 12.6 Å². The molecule has 0 unspecified atom stereocenters. The van der Waals surface area contributed by atoms with E-state index in [0.717, 1.165) is 5.56 Å². The molecule has 0 atom stereocenters. The second-order valence-electron chi connectivity index (χ2n) is 5.27. The monoisotopic (exact) mass is 368 g/mol. The highest BCUT2D eigenvalue weighted by molar-refractivity contribution is 6.10. The molecule has 0 aliphatic carbocycles. The van der Waals surface area contributed by atoms with E-state index in [1.165, 1.54) is 4.68 Å². The molecule has 3 N–H and O–H groups in total. The highest BCUT2D eigenvalue weighted by atomic mass is 16.6. The number of anilines is 1. The van der Waals surface area contributed by atoms with E-state index < -0.39 is 6.09 Å². The maximum Gasteiger partial charge on any atom is 0.423 e. The lowest BCUT2D eigenvalue weighted by molar-refractivity contribution is 0.128. The Hall–Kier alpha value is -4.02. The summed E-state index contributed by atoms with van der Waals surface area (Å²) in [5, 5.41) is 24.2. The summed E-state index contributed by atoms with van der Waals surface area (Å²) < 4.78 is 1.50. The number of aromatic nitrogens is 5. The van der Waals surface area contributed by atoms with Crippen LogP contribution in [0.1, 0.15) is 17.1 Å². The molecule has 0 radical (unpaired) electrons. The highest BCUT2D eigenvalue weighted by Crippen LogP contribution is 2.10. The molecule has 0 bridgehead atoms. The second kappa shape index (κ2) is 8.38. The molecular weight excluding hydrogens is 352 g/mol. The summed E-state index contributed by atoms with van der Waals surface area (Å²) in [6.07, 6.45) is -1.21. The predicted octanol–water partition coefficient (Wildman–Crippen LogP) is 1.17. The van der Waals surface area contributed by atoms with Crippen LogP contribution in [0.15, 0.2) is 53.7 Å². The van der Waals surface area contributed by atoms with Crippen LogP contribution in [-0.4, -0.2) is 42.1 Å². The Kier molecular flexibility index (Phi) is 5.52. The number of hydrogen-bond donors (Lipinski definition) is 3. The van der Waals surface area contributed by atoms with Gasteiger partial charge in [-0.3, -0.25) is 5.43 Å². The summed E-state index contributed by atoms with van der Waals surface area (Å²) in [4.78, 5) is 20.2. The van der Waals surface area contributed by atoms with E-state index in [2.05, 4.69) is 31.1 Å². The molecule has 3 aromatic rings. The Morgan fingerprint density at radius 1 is 1.22 bits per heavy atom. The molecule has 0 aliphatic heterocycles. The molecule has 11 nitrogen and oxygen atoms in total. The Bertz CT molecular complexity index is 942. The first-order valence-electron chi connectivity index (χ1n) is 7.82. The normalized spacial score (nSPS) is 11.1. The molecule has 2 aromatic heterocycles. The first-order valence-corrected chi connectivity index (χ1v) is 7.82. The highest BCUT2D eigenvalue weighted by Gasteiger charge is 2.14. The first kappa shape index (κ1) is 17.8. The van der Waals surface area contributed by atoms with Crippen LogP contribution < -0.4 is 10.9 Å². The van der Waals surface area contributed by atoms with Gasteiger partial charge in [-0.25, -0.2) is 19.9 Å². The fourth-order valence-electron chi connectivity index (χ4n) is 2.16. The third-order valence-electron chi connectivity index (χ3n) is 3.35. The van der Waals surface area contributed by atoms with E-state index in [1.807, 2.05) is 35.8 Å². The van der Waals surface area contributed by atoms with Crippen molar-refractivity contribution in [3.8, 4) is 0 Å². The lowest BCUT2D eigenvalue weighted by Crippen LogP contribution is -2.27. The molecule has 0 saturated carbocycles. The molecule has 0 saturated heterocycles. The van der Waals surface area contributed by atoms with Crippen molar-refractivity contribution < 1.29 is 14.7 Å². The predicted molar refractivity (Wildman–Crippen MR) is 94.7 cm³/mol. The van der Waals surface area contributed by atoms with Crippen LogP contribution in [0.3, 0.4) is 0 Å². The SMILES string of the molecule is Cn1nnnc1/C(=N\OCc1cccc(NNC(=O)O)n1)c1ccccc1.